The summed E-state index contributed by atoms with van der Waals surface area (Å²) in [6.07, 6.45) is -3.64. The Labute approximate surface area is 220 Å². The molecule has 0 atom stereocenters. The standard InChI is InChI=1S/C27H24F3N7O2/c28-27(29,30)18-8-9-21(33-15-18)36-10-12-37(13-11-36)26(39)17-5-3-4-16(14-17)22(31)23(32)24-25(38)35-20-7-2-1-6-19(20)34-24/h1-9,14-15H,10-13,31-32H2,(H,35,38)/b23-22+. The van der Waals surface area contributed by atoms with Gasteiger partial charge in [-0.1, -0.05) is 24.3 Å². The number of nitrogens with zero attached hydrogens (tertiary/aromatic N) is 4. The zero-order valence-electron chi connectivity index (χ0n) is 20.6. The number of carbonyl (C=O) groups is 1. The average molecular weight is 536 g/mol. The Hall–Kier alpha value is -4.87. The van der Waals surface area contributed by atoms with E-state index in [2.05, 4.69) is 15.0 Å². The summed E-state index contributed by atoms with van der Waals surface area (Å²) in [6, 6.07) is 16.0. The van der Waals surface area contributed by atoms with Crippen LogP contribution in [0.5, 0.6) is 0 Å². The number of para-hydroxylation sites is 2. The van der Waals surface area contributed by atoms with E-state index in [-0.39, 0.29) is 23.0 Å². The first-order chi connectivity index (χ1) is 18.6. The minimum absolute atomic E-state index is 0.00995. The molecular formula is C27H24F3N7O2. The Morgan fingerprint density at radius 3 is 2.31 bits per heavy atom. The van der Waals surface area contributed by atoms with Gasteiger partial charge in [-0.3, -0.25) is 9.59 Å². The molecule has 12 heteroatoms. The molecule has 1 fully saturated rings. The van der Waals surface area contributed by atoms with Crippen molar-refractivity contribution in [3.63, 3.8) is 0 Å². The number of pyridine rings is 1. The second-order valence-electron chi connectivity index (χ2n) is 9.02. The first-order valence-electron chi connectivity index (χ1n) is 12.0. The Bertz CT molecular complexity index is 1620. The van der Waals surface area contributed by atoms with Crippen molar-refractivity contribution in [1.29, 1.82) is 0 Å². The number of aromatic nitrogens is 3. The van der Waals surface area contributed by atoms with E-state index in [1.807, 2.05) is 4.90 Å². The van der Waals surface area contributed by atoms with Gasteiger partial charge in [0.15, 0.2) is 5.69 Å². The number of hydrogen-bond acceptors (Lipinski definition) is 7. The summed E-state index contributed by atoms with van der Waals surface area (Å²) >= 11 is 0. The predicted octanol–water partition coefficient (Wildman–Crippen LogP) is 3.04. The highest BCUT2D eigenvalue weighted by Gasteiger charge is 2.31. The number of rotatable bonds is 4. The van der Waals surface area contributed by atoms with E-state index >= 15 is 0 Å². The lowest BCUT2D eigenvalue weighted by Crippen LogP contribution is -2.49. The molecule has 1 saturated heterocycles. The molecule has 3 heterocycles. The molecule has 5 N–H and O–H groups in total. The zero-order chi connectivity index (χ0) is 27.7. The first kappa shape index (κ1) is 25.8. The Morgan fingerprint density at radius 1 is 0.897 bits per heavy atom. The number of halogens is 3. The number of piperazine rings is 1. The van der Waals surface area contributed by atoms with Crippen molar-refractivity contribution in [2.45, 2.75) is 6.18 Å². The summed E-state index contributed by atoms with van der Waals surface area (Å²) in [5.41, 5.74) is 13.3. The first-order valence-corrected chi connectivity index (χ1v) is 12.0. The fourth-order valence-electron chi connectivity index (χ4n) is 4.38. The van der Waals surface area contributed by atoms with E-state index < -0.39 is 17.3 Å². The van der Waals surface area contributed by atoms with Crippen LogP contribution in [0.3, 0.4) is 0 Å². The van der Waals surface area contributed by atoms with Crippen molar-refractivity contribution < 1.29 is 18.0 Å². The second kappa shape index (κ2) is 10.1. The third kappa shape index (κ3) is 5.26. The van der Waals surface area contributed by atoms with Crippen molar-refractivity contribution in [2.24, 2.45) is 11.5 Å². The molecule has 200 valence electrons. The predicted molar refractivity (Wildman–Crippen MR) is 141 cm³/mol. The number of fused-ring (bicyclic) bond motifs is 1. The van der Waals surface area contributed by atoms with Crippen LogP contribution in [-0.2, 0) is 6.18 Å². The van der Waals surface area contributed by atoms with Gasteiger partial charge in [-0.05, 0) is 36.4 Å². The molecule has 0 unspecified atom stereocenters. The Balaban J connectivity index is 1.31. The van der Waals surface area contributed by atoms with Crippen LogP contribution < -0.4 is 21.9 Å². The maximum absolute atomic E-state index is 13.2. The Kier molecular flexibility index (Phi) is 6.69. The summed E-state index contributed by atoms with van der Waals surface area (Å²) in [5.74, 6) is 0.188. The molecule has 2 aromatic carbocycles. The van der Waals surface area contributed by atoms with Crippen LogP contribution in [0.4, 0.5) is 19.0 Å². The number of anilines is 1. The molecule has 0 saturated carbocycles. The molecule has 5 rings (SSSR count). The largest absolute Gasteiger partial charge is 0.417 e. The van der Waals surface area contributed by atoms with Crippen LogP contribution in [0.15, 0.2) is 71.7 Å². The quantitative estimate of drug-likeness (QED) is 0.366. The lowest BCUT2D eigenvalue weighted by Gasteiger charge is -2.35. The highest BCUT2D eigenvalue weighted by atomic mass is 19.4. The van der Waals surface area contributed by atoms with Crippen LogP contribution >= 0.6 is 0 Å². The topological polar surface area (TPSA) is 134 Å². The van der Waals surface area contributed by atoms with Crippen LogP contribution in [0.2, 0.25) is 0 Å². The zero-order valence-corrected chi connectivity index (χ0v) is 20.6. The monoisotopic (exact) mass is 535 g/mol. The SMILES string of the molecule is N/C(=C(/N)c1nc2ccccc2[nH]c1=O)c1cccc(C(=O)N2CCN(c3ccc(C(F)(F)F)cn3)CC2)c1. The highest BCUT2D eigenvalue weighted by molar-refractivity contribution is 5.96. The Morgan fingerprint density at radius 2 is 1.62 bits per heavy atom. The summed E-state index contributed by atoms with van der Waals surface area (Å²) in [4.78, 5) is 40.3. The number of amides is 1. The van der Waals surface area contributed by atoms with E-state index in [9.17, 15) is 22.8 Å². The van der Waals surface area contributed by atoms with Gasteiger partial charge >= 0.3 is 6.18 Å². The van der Waals surface area contributed by atoms with Crippen LogP contribution in [-0.4, -0.2) is 51.9 Å². The molecular weight excluding hydrogens is 511 g/mol. The van der Waals surface area contributed by atoms with E-state index in [0.717, 1.165) is 12.3 Å². The normalized spacial score (nSPS) is 14.8. The number of carbonyl (C=O) groups excluding carboxylic acids is 1. The molecule has 1 aliphatic heterocycles. The van der Waals surface area contributed by atoms with Crippen molar-refractivity contribution in [3.05, 3.63) is 99.6 Å². The molecule has 2 aromatic heterocycles. The van der Waals surface area contributed by atoms with Gasteiger partial charge in [0.1, 0.15) is 5.82 Å². The molecule has 0 spiro atoms. The summed E-state index contributed by atoms with van der Waals surface area (Å²) in [5, 5.41) is 0. The number of benzene rings is 2. The fourth-order valence-corrected chi connectivity index (χ4v) is 4.38. The minimum Gasteiger partial charge on any atom is -0.397 e. The maximum atomic E-state index is 13.2. The molecule has 4 aromatic rings. The van der Waals surface area contributed by atoms with Gasteiger partial charge in [-0.25, -0.2) is 9.97 Å². The third-order valence-corrected chi connectivity index (χ3v) is 6.53. The van der Waals surface area contributed by atoms with E-state index in [1.54, 1.807) is 53.4 Å². The third-order valence-electron chi connectivity index (χ3n) is 6.53. The summed E-state index contributed by atoms with van der Waals surface area (Å²) in [7, 11) is 0. The number of aromatic amines is 1. The van der Waals surface area contributed by atoms with Gasteiger partial charge in [0, 0.05) is 43.5 Å². The lowest BCUT2D eigenvalue weighted by atomic mass is 10.0. The van der Waals surface area contributed by atoms with Gasteiger partial charge < -0.3 is 26.3 Å². The minimum atomic E-state index is -4.45. The van der Waals surface area contributed by atoms with E-state index in [1.165, 1.54) is 6.07 Å². The summed E-state index contributed by atoms with van der Waals surface area (Å²) < 4.78 is 38.4. The van der Waals surface area contributed by atoms with E-state index in [0.29, 0.717) is 54.2 Å². The van der Waals surface area contributed by atoms with Gasteiger partial charge in [0.2, 0.25) is 0 Å². The molecule has 0 aliphatic carbocycles. The van der Waals surface area contributed by atoms with Crippen molar-refractivity contribution in [2.75, 3.05) is 31.1 Å². The van der Waals surface area contributed by atoms with Crippen molar-refractivity contribution >= 4 is 34.2 Å². The second-order valence-corrected chi connectivity index (χ2v) is 9.02. The lowest BCUT2D eigenvalue weighted by molar-refractivity contribution is -0.137. The molecule has 1 amide bonds. The van der Waals surface area contributed by atoms with Crippen LogP contribution in [0, 0.1) is 0 Å². The van der Waals surface area contributed by atoms with Gasteiger partial charge in [0.05, 0.1) is 28.0 Å². The number of H-pyrrole nitrogens is 1. The number of hydrogen-bond donors (Lipinski definition) is 3. The van der Waals surface area contributed by atoms with Gasteiger partial charge in [-0.2, -0.15) is 13.2 Å². The average Bonchev–Trinajstić information content (AvgIpc) is 2.95. The van der Waals surface area contributed by atoms with E-state index in [4.69, 9.17) is 11.5 Å². The molecule has 9 nitrogen and oxygen atoms in total. The smallest absolute Gasteiger partial charge is 0.397 e. The fraction of sp³-hybridized carbons (Fsp3) is 0.185. The van der Waals surface area contributed by atoms with Crippen LogP contribution in [0.25, 0.3) is 22.4 Å². The van der Waals surface area contributed by atoms with Gasteiger partial charge in [0.25, 0.3) is 11.5 Å². The van der Waals surface area contributed by atoms with Crippen molar-refractivity contribution in [1.82, 2.24) is 19.9 Å². The number of alkyl halides is 3. The molecule has 1 aliphatic rings. The summed E-state index contributed by atoms with van der Waals surface area (Å²) in [6.45, 7) is 1.54. The van der Waals surface area contributed by atoms with Gasteiger partial charge in [-0.15, -0.1) is 0 Å². The molecule has 0 bridgehead atoms. The number of nitrogens with two attached hydrogens (primary N) is 2. The highest BCUT2D eigenvalue weighted by Crippen LogP contribution is 2.29. The molecule has 0 radical (unpaired) electrons. The number of nitrogens with one attached hydrogen (secondary N) is 1. The van der Waals surface area contributed by atoms with Crippen LogP contribution in [0.1, 0.15) is 27.2 Å². The van der Waals surface area contributed by atoms with Crippen molar-refractivity contribution in [3.8, 4) is 0 Å². The maximum Gasteiger partial charge on any atom is 0.417 e. The molecule has 39 heavy (non-hydrogen) atoms.